The maximum atomic E-state index is 13.4. The number of sulfonamides is 1. The molecule has 1 fully saturated rings. The molecule has 1 aliphatic heterocycles. The van der Waals surface area contributed by atoms with E-state index in [1.165, 1.54) is 22.6 Å². The van der Waals surface area contributed by atoms with Crippen molar-refractivity contribution in [1.29, 1.82) is 0 Å². The first kappa shape index (κ1) is 18.5. The first-order valence-electron chi connectivity index (χ1n) is 7.99. The highest BCUT2D eigenvalue weighted by Crippen LogP contribution is 2.21. The number of benzene rings is 1. The molecule has 2 aromatic rings. The van der Waals surface area contributed by atoms with Crippen LogP contribution < -0.4 is 5.32 Å². The summed E-state index contributed by atoms with van der Waals surface area (Å²) in [5, 5.41) is 9.27. The predicted molar refractivity (Wildman–Crippen MR) is 92.5 cm³/mol. The summed E-state index contributed by atoms with van der Waals surface area (Å²) < 4.78 is 43.5. The molecular weight excluding hydrogens is 363 g/mol. The van der Waals surface area contributed by atoms with Crippen molar-refractivity contribution >= 4 is 15.9 Å². The first-order valence-corrected chi connectivity index (χ1v) is 9.83. The van der Waals surface area contributed by atoms with Crippen LogP contribution in [-0.2, 0) is 14.8 Å². The molecule has 1 aliphatic rings. The average molecular weight is 382 g/mol. The molecule has 0 spiro atoms. The van der Waals surface area contributed by atoms with Gasteiger partial charge < -0.3 is 10.1 Å². The van der Waals surface area contributed by atoms with Gasteiger partial charge in [-0.15, -0.1) is 0 Å². The van der Waals surface area contributed by atoms with E-state index in [9.17, 15) is 17.6 Å². The Morgan fingerprint density at radius 2 is 2.31 bits per heavy atom. The summed E-state index contributed by atoms with van der Waals surface area (Å²) >= 11 is 0. The number of amides is 1. The van der Waals surface area contributed by atoms with E-state index in [0.717, 1.165) is 6.26 Å². The van der Waals surface area contributed by atoms with Crippen molar-refractivity contribution in [3.05, 3.63) is 41.8 Å². The van der Waals surface area contributed by atoms with Crippen molar-refractivity contribution in [3.63, 3.8) is 0 Å². The molecule has 1 atom stereocenters. The number of hydrogen-bond donors (Lipinski definition) is 2. The minimum atomic E-state index is -3.30. The third kappa shape index (κ3) is 4.26. The monoisotopic (exact) mass is 382 g/mol. The molecule has 0 saturated carbocycles. The number of H-pyrrole nitrogens is 1. The second kappa shape index (κ2) is 7.52. The first-order chi connectivity index (χ1) is 12.3. The highest BCUT2D eigenvalue weighted by Gasteiger charge is 2.27. The van der Waals surface area contributed by atoms with Gasteiger partial charge in [-0.3, -0.25) is 9.89 Å². The van der Waals surface area contributed by atoms with Gasteiger partial charge >= 0.3 is 0 Å². The van der Waals surface area contributed by atoms with Crippen molar-refractivity contribution in [2.24, 2.45) is 0 Å². The number of nitrogens with zero attached hydrogens (tertiary/aromatic N) is 2. The summed E-state index contributed by atoms with van der Waals surface area (Å²) in [6.07, 6.45) is 2.07. The van der Waals surface area contributed by atoms with Gasteiger partial charge in [0.15, 0.2) is 0 Å². The summed E-state index contributed by atoms with van der Waals surface area (Å²) in [5.41, 5.74) is 1.18. The van der Waals surface area contributed by atoms with Gasteiger partial charge in [0, 0.05) is 25.2 Å². The van der Waals surface area contributed by atoms with Crippen molar-refractivity contribution in [1.82, 2.24) is 19.8 Å². The highest BCUT2D eigenvalue weighted by atomic mass is 32.2. The summed E-state index contributed by atoms with van der Waals surface area (Å²) in [6, 6.07) is 5.83. The Kier molecular flexibility index (Phi) is 5.35. The molecule has 1 aromatic carbocycles. The molecule has 10 heteroatoms. The van der Waals surface area contributed by atoms with Crippen LogP contribution in [-0.4, -0.2) is 67.4 Å². The topological polar surface area (TPSA) is 104 Å². The van der Waals surface area contributed by atoms with Gasteiger partial charge in [-0.05, 0) is 12.1 Å². The fourth-order valence-electron chi connectivity index (χ4n) is 2.74. The standard InChI is InChI=1S/C16H19FN4O4S/c1-26(23,24)21-5-6-25-13(10-21)8-18-16(22)14-9-19-20-15(14)11-3-2-4-12(17)7-11/h2-4,7,9,13H,5-6,8,10H2,1H3,(H,18,22)(H,19,20)/t13-/m0/s1. The Balaban J connectivity index is 1.66. The molecule has 0 radical (unpaired) electrons. The maximum absolute atomic E-state index is 13.4. The zero-order chi connectivity index (χ0) is 18.7. The smallest absolute Gasteiger partial charge is 0.255 e. The lowest BCUT2D eigenvalue weighted by Crippen LogP contribution is -2.49. The van der Waals surface area contributed by atoms with Gasteiger partial charge in [0.25, 0.3) is 5.91 Å². The number of ether oxygens (including phenoxy) is 1. The quantitative estimate of drug-likeness (QED) is 0.788. The van der Waals surface area contributed by atoms with Crippen LogP contribution in [0.1, 0.15) is 10.4 Å². The van der Waals surface area contributed by atoms with E-state index in [2.05, 4.69) is 15.5 Å². The number of aromatic amines is 1. The number of rotatable bonds is 5. The number of aromatic nitrogens is 2. The van der Waals surface area contributed by atoms with Crippen LogP contribution in [0.15, 0.2) is 30.5 Å². The van der Waals surface area contributed by atoms with Crippen LogP contribution in [0, 0.1) is 5.82 Å². The maximum Gasteiger partial charge on any atom is 0.255 e. The molecule has 1 saturated heterocycles. The Morgan fingerprint density at radius 1 is 1.50 bits per heavy atom. The molecular formula is C16H19FN4O4S. The minimum absolute atomic E-state index is 0.151. The third-order valence-corrected chi connectivity index (χ3v) is 5.33. The van der Waals surface area contributed by atoms with Gasteiger partial charge in [0.05, 0.1) is 36.4 Å². The van der Waals surface area contributed by atoms with Crippen LogP contribution in [0.5, 0.6) is 0 Å². The zero-order valence-corrected chi connectivity index (χ0v) is 14.9. The molecule has 2 heterocycles. The summed E-state index contributed by atoms with van der Waals surface area (Å²) in [5.74, 6) is -0.821. The second-order valence-electron chi connectivity index (χ2n) is 5.99. The lowest BCUT2D eigenvalue weighted by atomic mass is 10.1. The van der Waals surface area contributed by atoms with Gasteiger partial charge in [-0.1, -0.05) is 12.1 Å². The summed E-state index contributed by atoms with van der Waals surface area (Å²) in [6.45, 7) is 0.905. The molecule has 26 heavy (non-hydrogen) atoms. The summed E-state index contributed by atoms with van der Waals surface area (Å²) in [4.78, 5) is 12.5. The van der Waals surface area contributed by atoms with Crippen LogP contribution in [0.2, 0.25) is 0 Å². The fraction of sp³-hybridized carbons (Fsp3) is 0.375. The Hall–Kier alpha value is -2.30. The van der Waals surface area contributed by atoms with E-state index in [1.807, 2.05) is 0 Å². The average Bonchev–Trinajstić information content (AvgIpc) is 3.09. The van der Waals surface area contributed by atoms with Crippen molar-refractivity contribution < 1.29 is 22.3 Å². The van der Waals surface area contributed by atoms with Gasteiger partial charge in [0.2, 0.25) is 10.0 Å². The number of halogens is 1. The Bertz CT molecular complexity index is 899. The Labute approximate surface area is 150 Å². The number of nitrogens with one attached hydrogen (secondary N) is 2. The molecule has 1 amide bonds. The van der Waals surface area contributed by atoms with Crippen molar-refractivity contribution in [3.8, 4) is 11.3 Å². The lowest BCUT2D eigenvalue weighted by Gasteiger charge is -2.31. The number of morpholine rings is 1. The third-order valence-electron chi connectivity index (χ3n) is 4.06. The molecule has 2 N–H and O–H groups in total. The highest BCUT2D eigenvalue weighted by molar-refractivity contribution is 7.88. The largest absolute Gasteiger partial charge is 0.374 e. The normalized spacial score (nSPS) is 18.6. The second-order valence-corrected chi connectivity index (χ2v) is 7.98. The molecule has 3 rings (SSSR count). The van der Waals surface area contributed by atoms with Crippen LogP contribution >= 0.6 is 0 Å². The molecule has 0 aliphatic carbocycles. The molecule has 0 unspecified atom stereocenters. The molecule has 0 bridgehead atoms. The van der Waals surface area contributed by atoms with E-state index in [1.54, 1.807) is 12.1 Å². The van der Waals surface area contributed by atoms with Gasteiger partial charge in [0.1, 0.15) is 5.82 Å². The zero-order valence-electron chi connectivity index (χ0n) is 14.1. The van der Waals surface area contributed by atoms with Crippen LogP contribution in [0.4, 0.5) is 4.39 Å². The van der Waals surface area contributed by atoms with E-state index in [4.69, 9.17) is 4.74 Å². The Morgan fingerprint density at radius 3 is 3.04 bits per heavy atom. The van der Waals surface area contributed by atoms with E-state index >= 15 is 0 Å². The SMILES string of the molecule is CS(=O)(=O)N1CCO[C@@H](CNC(=O)c2cn[nH]c2-c2cccc(F)c2)C1. The van der Waals surface area contributed by atoms with Gasteiger partial charge in [-0.25, -0.2) is 12.8 Å². The molecule has 140 valence electrons. The molecule has 1 aromatic heterocycles. The summed E-state index contributed by atoms with van der Waals surface area (Å²) in [7, 11) is -3.30. The van der Waals surface area contributed by atoms with Crippen molar-refractivity contribution in [2.45, 2.75) is 6.10 Å². The number of carbonyl (C=O) groups excluding carboxylic acids is 1. The fourth-order valence-corrected chi connectivity index (χ4v) is 3.58. The van der Waals surface area contributed by atoms with Crippen LogP contribution in [0.25, 0.3) is 11.3 Å². The predicted octanol–water partition coefficient (Wildman–Crippen LogP) is 0.606. The number of carbonyl (C=O) groups is 1. The number of hydrogen-bond acceptors (Lipinski definition) is 5. The van der Waals surface area contributed by atoms with Crippen molar-refractivity contribution in [2.75, 3.05) is 32.5 Å². The molecule has 8 nitrogen and oxygen atoms in total. The minimum Gasteiger partial charge on any atom is -0.374 e. The lowest BCUT2D eigenvalue weighted by molar-refractivity contribution is 0.000442. The van der Waals surface area contributed by atoms with E-state index < -0.39 is 27.9 Å². The van der Waals surface area contributed by atoms with E-state index in [-0.39, 0.29) is 25.3 Å². The van der Waals surface area contributed by atoms with E-state index in [0.29, 0.717) is 17.8 Å². The van der Waals surface area contributed by atoms with Gasteiger partial charge in [-0.2, -0.15) is 9.40 Å². The van der Waals surface area contributed by atoms with Crippen LogP contribution in [0.3, 0.4) is 0 Å².